The fourth-order valence-electron chi connectivity index (χ4n) is 2.18. The van der Waals surface area contributed by atoms with Gasteiger partial charge < -0.3 is 20.5 Å². The quantitative estimate of drug-likeness (QED) is 0.775. The van der Waals surface area contributed by atoms with Gasteiger partial charge in [-0.2, -0.15) is 0 Å². The van der Waals surface area contributed by atoms with Crippen LogP contribution in [0, 0.1) is 5.92 Å². The fraction of sp³-hybridized carbons (Fsp3) is 0.533. The van der Waals surface area contributed by atoms with E-state index in [1.54, 1.807) is 12.1 Å². The van der Waals surface area contributed by atoms with E-state index in [-0.39, 0.29) is 5.91 Å². The predicted molar refractivity (Wildman–Crippen MR) is 77.5 cm³/mol. The molecule has 2 rings (SSSR count). The average Bonchev–Trinajstić information content (AvgIpc) is 2.48. The van der Waals surface area contributed by atoms with Crippen molar-refractivity contribution in [2.75, 3.05) is 32.1 Å². The summed E-state index contributed by atoms with van der Waals surface area (Å²) >= 11 is 0. The number of benzene rings is 1. The van der Waals surface area contributed by atoms with E-state index in [1.165, 1.54) is 0 Å². The molecule has 0 radical (unpaired) electrons. The molecule has 0 aliphatic carbocycles. The highest BCUT2D eigenvalue weighted by molar-refractivity contribution is 5.76. The van der Waals surface area contributed by atoms with Gasteiger partial charge in [0.1, 0.15) is 5.75 Å². The number of anilines is 1. The van der Waals surface area contributed by atoms with Gasteiger partial charge in [0, 0.05) is 13.2 Å². The zero-order chi connectivity index (χ0) is 14.2. The minimum atomic E-state index is 0.00470. The molecule has 1 aromatic rings. The van der Waals surface area contributed by atoms with Crippen LogP contribution in [-0.4, -0.2) is 32.3 Å². The van der Waals surface area contributed by atoms with Gasteiger partial charge in [0.2, 0.25) is 5.91 Å². The van der Waals surface area contributed by atoms with E-state index >= 15 is 0 Å². The molecule has 20 heavy (non-hydrogen) atoms. The van der Waals surface area contributed by atoms with Gasteiger partial charge in [0.05, 0.1) is 25.3 Å². The zero-order valence-corrected chi connectivity index (χ0v) is 11.6. The number of rotatable bonds is 6. The summed E-state index contributed by atoms with van der Waals surface area (Å²) in [4.78, 5) is 11.7. The zero-order valence-electron chi connectivity index (χ0n) is 11.6. The van der Waals surface area contributed by atoms with E-state index in [4.69, 9.17) is 15.2 Å². The number of amides is 1. The lowest BCUT2D eigenvalue weighted by Crippen LogP contribution is -2.33. The Hall–Kier alpha value is -1.75. The predicted octanol–water partition coefficient (Wildman–Crippen LogP) is 1.58. The first-order valence-electron chi connectivity index (χ1n) is 7.07. The van der Waals surface area contributed by atoms with Crippen LogP contribution in [0.4, 0.5) is 5.69 Å². The second-order valence-corrected chi connectivity index (χ2v) is 5.02. The number of nitrogens with one attached hydrogen (secondary N) is 1. The van der Waals surface area contributed by atoms with Crippen molar-refractivity contribution in [2.45, 2.75) is 19.3 Å². The fourth-order valence-corrected chi connectivity index (χ4v) is 2.18. The number of para-hydroxylation sites is 2. The van der Waals surface area contributed by atoms with Crippen molar-refractivity contribution < 1.29 is 14.3 Å². The summed E-state index contributed by atoms with van der Waals surface area (Å²) in [5, 5.41) is 2.92. The number of hydrogen-bond acceptors (Lipinski definition) is 4. The molecule has 0 spiro atoms. The summed E-state index contributed by atoms with van der Waals surface area (Å²) in [6.45, 7) is 2.61. The summed E-state index contributed by atoms with van der Waals surface area (Å²) in [6.07, 6.45) is 2.54. The van der Waals surface area contributed by atoms with Crippen molar-refractivity contribution in [3.8, 4) is 5.75 Å². The molecular weight excluding hydrogens is 256 g/mol. The topological polar surface area (TPSA) is 73.6 Å². The Kier molecular flexibility index (Phi) is 5.68. The molecule has 1 aliphatic rings. The Labute approximate surface area is 119 Å². The standard InChI is InChI=1S/C15H22N2O3/c16-13-5-1-2-6-14(13)20-9-7-15(18)17-10-12-4-3-8-19-11-12/h1-2,5-6,12H,3-4,7-11,16H2,(H,17,18). The third kappa shape index (κ3) is 4.74. The van der Waals surface area contributed by atoms with Crippen LogP contribution in [0.25, 0.3) is 0 Å². The van der Waals surface area contributed by atoms with Crippen LogP contribution in [0.1, 0.15) is 19.3 Å². The van der Waals surface area contributed by atoms with E-state index in [9.17, 15) is 4.79 Å². The number of hydrogen-bond donors (Lipinski definition) is 2. The molecular formula is C15H22N2O3. The molecule has 0 bridgehead atoms. The van der Waals surface area contributed by atoms with Gasteiger partial charge in [-0.05, 0) is 30.9 Å². The normalized spacial score (nSPS) is 18.5. The van der Waals surface area contributed by atoms with E-state index in [2.05, 4.69) is 5.32 Å². The molecule has 5 nitrogen and oxygen atoms in total. The summed E-state index contributed by atoms with van der Waals surface area (Å²) in [7, 11) is 0. The Morgan fingerprint density at radius 2 is 2.30 bits per heavy atom. The van der Waals surface area contributed by atoms with Gasteiger partial charge in [-0.1, -0.05) is 12.1 Å². The molecule has 1 amide bonds. The van der Waals surface area contributed by atoms with Crippen molar-refractivity contribution in [3.05, 3.63) is 24.3 Å². The van der Waals surface area contributed by atoms with Crippen LogP contribution in [0.5, 0.6) is 5.75 Å². The largest absolute Gasteiger partial charge is 0.491 e. The minimum Gasteiger partial charge on any atom is -0.491 e. The first-order chi connectivity index (χ1) is 9.75. The number of carbonyl (C=O) groups excluding carboxylic acids is 1. The smallest absolute Gasteiger partial charge is 0.223 e. The Morgan fingerprint density at radius 1 is 1.45 bits per heavy atom. The van der Waals surface area contributed by atoms with Crippen LogP contribution in [0.2, 0.25) is 0 Å². The Morgan fingerprint density at radius 3 is 3.05 bits per heavy atom. The summed E-state index contributed by atoms with van der Waals surface area (Å²) in [6, 6.07) is 7.28. The van der Waals surface area contributed by atoms with Crippen LogP contribution < -0.4 is 15.8 Å². The van der Waals surface area contributed by atoms with Gasteiger partial charge in [0.15, 0.2) is 0 Å². The van der Waals surface area contributed by atoms with E-state index in [0.717, 1.165) is 26.1 Å². The first-order valence-corrected chi connectivity index (χ1v) is 7.07. The molecule has 1 unspecified atom stereocenters. The van der Waals surface area contributed by atoms with E-state index < -0.39 is 0 Å². The molecule has 3 N–H and O–H groups in total. The number of ether oxygens (including phenoxy) is 2. The molecule has 1 aromatic carbocycles. The maximum absolute atomic E-state index is 11.7. The molecule has 1 fully saturated rings. The van der Waals surface area contributed by atoms with Crippen molar-refractivity contribution in [1.29, 1.82) is 0 Å². The van der Waals surface area contributed by atoms with Crippen molar-refractivity contribution in [2.24, 2.45) is 5.92 Å². The molecule has 110 valence electrons. The number of nitrogens with two attached hydrogens (primary N) is 1. The second-order valence-electron chi connectivity index (χ2n) is 5.02. The summed E-state index contributed by atoms with van der Waals surface area (Å²) in [5.41, 5.74) is 6.34. The Balaban J connectivity index is 1.61. The highest BCUT2D eigenvalue weighted by atomic mass is 16.5. The highest BCUT2D eigenvalue weighted by Gasteiger charge is 2.14. The van der Waals surface area contributed by atoms with Crippen LogP contribution in [0.15, 0.2) is 24.3 Å². The average molecular weight is 278 g/mol. The van der Waals surface area contributed by atoms with Gasteiger partial charge >= 0.3 is 0 Å². The van der Waals surface area contributed by atoms with Gasteiger partial charge in [-0.25, -0.2) is 0 Å². The first kappa shape index (κ1) is 14.7. The lowest BCUT2D eigenvalue weighted by Gasteiger charge is -2.22. The Bertz CT molecular complexity index is 431. The second kappa shape index (κ2) is 7.75. The van der Waals surface area contributed by atoms with Crippen LogP contribution in [0.3, 0.4) is 0 Å². The molecule has 1 atom stereocenters. The molecule has 0 aromatic heterocycles. The van der Waals surface area contributed by atoms with Gasteiger partial charge in [-0.3, -0.25) is 4.79 Å². The van der Waals surface area contributed by atoms with Crippen LogP contribution in [-0.2, 0) is 9.53 Å². The number of carbonyl (C=O) groups is 1. The molecule has 1 saturated heterocycles. The third-order valence-electron chi connectivity index (χ3n) is 3.35. The van der Waals surface area contributed by atoms with Gasteiger partial charge in [-0.15, -0.1) is 0 Å². The van der Waals surface area contributed by atoms with E-state index in [0.29, 0.717) is 36.9 Å². The maximum atomic E-state index is 11.7. The highest BCUT2D eigenvalue weighted by Crippen LogP contribution is 2.19. The molecule has 5 heteroatoms. The van der Waals surface area contributed by atoms with Crippen molar-refractivity contribution in [1.82, 2.24) is 5.32 Å². The maximum Gasteiger partial charge on any atom is 0.223 e. The lowest BCUT2D eigenvalue weighted by atomic mass is 10.0. The summed E-state index contributed by atoms with van der Waals surface area (Å²) < 4.78 is 10.9. The minimum absolute atomic E-state index is 0.00470. The van der Waals surface area contributed by atoms with Crippen LogP contribution >= 0.6 is 0 Å². The number of nitrogen functional groups attached to an aromatic ring is 1. The molecule has 0 saturated carbocycles. The van der Waals surface area contributed by atoms with Gasteiger partial charge in [0.25, 0.3) is 0 Å². The SMILES string of the molecule is Nc1ccccc1OCCC(=O)NCC1CCCOC1. The summed E-state index contributed by atoms with van der Waals surface area (Å²) in [5.74, 6) is 1.07. The van der Waals surface area contributed by atoms with E-state index in [1.807, 2.05) is 12.1 Å². The molecule has 1 heterocycles. The van der Waals surface area contributed by atoms with Crippen molar-refractivity contribution >= 4 is 11.6 Å². The third-order valence-corrected chi connectivity index (χ3v) is 3.35. The molecule has 1 aliphatic heterocycles. The lowest BCUT2D eigenvalue weighted by molar-refractivity contribution is -0.122. The monoisotopic (exact) mass is 278 g/mol. The van der Waals surface area contributed by atoms with Crippen molar-refractivity contribution in [3.63, 3.8) is 0 Å².